The second-order valence-electron chi connectivity index (χ2n) is 6.46. The number of benzene rings is 1. The van der Waals surface area contributed by atoms with Gasteiger partial charge in [-0.25, -0.2) is 0 Å². The summed E-state index contributed by atoms with van der Waals surface area (Å²) in [4.78, 5) is 11.9. The molecule has 0 N–H and O–H groups in total. The molecule has 1 aliphatic heterocycles. The first-order chi connectivity index (χ1) is 10.8. The Morgan fingerprint density at radius 2 is 1.87 bits per heavy atom. The summed E-state index contributed by atoms with van der Waals surface area (Å²) < 4.78 is 22.5. The first kappa shape index (κ1) is 17.9. The molecule has 0 aliphatic carbocycles. The van der Waals surface area contributed by atoms with Gasteiger partial charge in [-0.05, 0) is 45.4 Å². The largest absolute Gasteiger partial charge is 0.497 e. The van der Waals surface area contributed by atoms with E-state index in [1.165, 1.54) is 6.92 Å². The van der Waals surface area contributed by atoms with E-state index in [4.69, 9.17) is 18.9 Å². The van der Waals surface area contributed by atoms with Gasteiger partial charge < -0.3 is 18.9 Å². The number of ether oxygens (including phenoxy) is 4. The fourth-order valence-corrected chi connectivity index (χ4v) is 2.79. The van der Waals surface area contributed by atoms with Crippen LogP contribution in [-0.4, -0.2) is 37.0 Å². The second kappa shape index (κ2) is 6.99. The molecule has 1 aromatic rings. The molecule has 1 saturated heterocycles. The minimum Gasteiger partial charge on any atom is -0.497 e. The van der Waals surface area contributed by atoms with Crippen LogP contribution in [0, 0.1) is 0 Å². The fraction of sp³-hybridized carbons (Fsp3) is 0.611. The van der Waals surface area contributed by atoms with Crippen LogP contribution in [0.25, 0.3) is 0 Å². The van der Waals surface area contributed by atoms with Crippen molar-refractivity contribution in [1.82, 2.24) is 0 Å². The molecule has 23 heavy (non-hydrogen) atoms. The third-order valence-electron chi connectivity index (χ3n) is 4.15. The van der Waals surface area contributed by atoms with E-state index in [0.29, 0.717) is 19.6 Å². The third kappa shape index (κ3) is 4.31. The van der Waals surface area contributed by atoms with Crippen LogP contribution in [0.2, 0.25) is 0 Å². The molecule has 1 aliphatic rings. The van der Waals surface area contributed by atoms with Gasteiger partial charge in [0, 0.05) is 13.0 Å². The molecule has 128 valence electrons. The van der Waals surface area contributed by atoms with Crippen molar-refractivity contribution in [2.24, 2.45) is 0 Å². The highest BCUT2D eigenvalue weighted by Crippen LogP contribution is 2.38. The molecule has 5 nitrogen and oxygen atoms in total. The first-order valence-corrected chi connectivity index (χ1v) is 7.86. The topological polar surface area (TPSA) is 54.0 Å². The van der Waals surface area contributed by atoms with E-state index in [1.54, 1.807) is 14.0 Å². The van der Waals surface area contributed by atoms with Gasteiger partial charge in [0.05, 0.1) is 19.8 Å². The number of carbonyl (C=O) groups is 1. The monoisotopic (exact) mass is 322 g/mol. The van der Waals surface area contributed by atoms with Gasteiger partial charge in [0.2, 0.25) is 0 Å². The Morgan fingerprint density at radius 3 is 2.43 bits per heavy atom. The molecule has 5 heteroatoms. The number of hydrogen-bond acceptors (Lipinski definition) is 5. The standard InChI is InChI=1S/C18H26O5/c1-13(19)18(4)16(22-17(2,3)23-18)10-11-21-12-14-6-8-15(20-5)9-7-14/h6-9,16H,10-12H2,1-5H3/t16-,18-/m1/s1. The lowest BCUT2D eigenvalue weighted by Crippen LogP contribution is -2.44. The Bertz CT molecular complexity index is 537. The van der Waals surface area contributed by atoms with Gasteiger partial charge in [0.25, 0.3) is 0 Å². The lowest BCUT2D eigenvalue weighted by molar-refractivity contribution is -0.168. The smallest absolute Gasteiger partial charge is 0.164 e. The summed E-state index contributed by atoms with van der Waals surface area (Å²) in [7, 11) is 1.64. The van der Waals surface area contributed by atoms with Crippen LogP contribution in [0.15, 0.2) is 24.3 Å². The zero-order valence-electron chi connectivity index (χ0n) is 14.5. The molecule has 1 aromatic carbocycles. The Hall–Kier alpha value is -1.43. The van der Waals surface area contributed by atoms with Crippen molar-refractivity contribution < 1.29 is 23.7 Å². The van der Waals surface area contributed by atoms with Crippen LogP contribution in [0.5, 0.6) is 5.75 Å². The van der Waals surface area contributed by atoms with Crippen LogP contribution in [0.1, 0.15) is 39.7 Å². The predicted molar refractivity (Wildman–Crippen MR) is 86.4 cm³/mol. The summed E-state index contributed by atoms with van der Waals surface area (Å²) in [5.74, 6) is 0.0501. The fourth-order valence-electron chi connectivity index (χ4n) is 2.79. The van der Waals surface area contributed by atoms with Gasteiger partial charge >= 0.3 is 0 Å². The number of hydrogen-bond donors (Lipinski definition) is 0. The zero-order valence-corrected chi connectivity index (χ0v) is 14.5. The van der Waals surface area contributed by atoms with Crippen LogP contribution in [0.3, 0.4) is 0 Å². The van der Waals surface area contributed by atoms with Crippen molar-refractivity contribution in [2.75, 3.05) is 13.7 Å². The van der Waals surface area contributed by atoms with Crippen LogP contribution >= 0.6 is 0 Å². The van der Waals surface area contributed by atoms with E-state index < -0.39 is 11.4 Å². The Morgan fingerprint density at radius 1 is 1.22 bits per heavy atom. The molecule has 0 aromatic heterocycles. The normalized spacial score (nSPS) is 26.2. The van der Waals surface area contributed by atoms with Crippen molar-refractivity contribution in [2.45, 2.75) is 58.2 Å². The quantitative estimate of drug-likeness (QED) is 0.722. The molecule has 0 radical (unpaired) electrons. The minimum absolute atomic E-state index is 0.0248. The molecule has 0 bridgehead atoms. The SMILES string of the molecule is COc1ccc(COCC[C@H]2OC(C)(C)O[C@]2(C)C(C)=O)cc1. The van der Waals surface area contributed by atoms with Gasteiger partial charge in [0.1, 0.15) is 5.75 Å². The number of ketones is 1. The van der Waals surface area contributed by atoms with Gasteiger partial charge in [-0.2, -0.15) is 0 Å². The van der Waals surface area contributed by atoms with Gasteiger partial charge in [-0.1, -0.05) is 12.1 Å². The highest BCUT2D eigenvalue weighted by molar-refractivity contribution is 5.85. The highest BCUT2D eigenvalue weighted by Gasteiger charge is 2.52. The van der Waals surface area contributed by atoms with Gasteiger partial charge in [-0.3, -0.25) is 4.79 Å². The van der Waals surface area contributed by atoms with E-state index in [1.807, 2.05) is 38.1 Å². The zero-order chi connectivity index (χ0) is 17.1. The van der Waals surface area contributed by atoms with E-state index in [9.17, 15) is 4.79 Å². The maximum absolute atomic E-state index is 11.9. The molecule has 0 unspecified atom stereocenters. The molecule has 2 atom stereocenters. The lowest BCUT2D eigenvalue weighted by atomic mass is 9.93. The maximum atomic E-state index is 11.9. The summed E-state index contributed by atoms with van der Waals surface area (Å²) in [6, 6.07) is 7.75. The Kier molecular flexibility index (Phi) is 5.45. The molecular formula is C18H26O5. The Balaban J connectivity index is 1.84. The van der Waals surface area contributed by atoms with Crippen molar-refractivity contribution in [3.8, 4) is 5.75 Å². The summed E-state index contributed by atoms with van der Waals surface area (Å²) in [5, 5.41) is 0. The molecule has 1 heterocycles. The van der Waals surface area contributed by atoms with E-state index >= 15 is 0 Å². The predicted octanol–water partition coefficient (Wildman–Crippen LogP) is 3.10. The molecule has 2 rings (SSSR count). The van der Waals surface area contributed by atoms with Crippen LogP contribution < -0.4 is 4.74 Å². The van der Waals surface area contributed by atoms with Crippen molar-refractivity contribution >= 4 is 5.78 Å². The number of methoxy groups -OCH3 is 1. The average molecular weight is 322 g/mol. The lowest BCUT2D eigenvalue weighted by Gasteiger charge is -2.25. The summed E-state index contributed by atoms with van der Waals surface area (Å²) >= 11 is 0. The summed E-state index contributed by atoms with van der Waals surface area (Å²) in [6.45, 7) is 7.99. The highest BCUT2D eigenvalue weighted by atomic mass is 16.8. The summed E-state index contributed by atoms with van der Waals surface area (Å²) in [6.07, 6.45) is 0.307. The van der Waals surface area contributed by atoms with Crippen molar-refractivity contribution in [3.05, 3.63) is 29.8 Å². The molecule has 0 saturated carbocycles. The average Bonchev–Trinajstić information content (AvgIpc) is 2.74. The third-order valence-corrected chi connectivity index (χ3v) is 4.15. The number of Topliss-reactive ketones (excluding diaryl/α,β-unsaturated/α-hetero) is 1. The second-order valence-corrected chi connectivity index (χ2v) is 6.46. The van der Waals surface area contributed by atoms with Crippen molar-refractivity contribution in [3.63, 3.8) is 0 Å². The summed E-state index contributed by atoms with van der Waals surface area (Å²) in [5.41, 5.74) is 0.163. The molecule has 0 amide bonds. The number of carbonyl (C=O) groups excluding carboxylic acids is 1. The molecular weight excluding hydrogens is 296 g/mol. The Labute approximate surface area is 137 Å². The maximum Gasteiger partial charge on any atom is 0.164 e. The molecule has 0 spiro atoms. The van der Waals surface area contributed by atoms with Gasteiger partial charge in [-0.15, -0.1) is 0 Å². The van der Waals surface area contributed by atoms with Crippen molar-refractivity contribution in [1.29, 1.82) is 0 Å². The minimum atomic E-state index is -0.910. The van der Waals surface area contributed by atoms with E-state index in [0.717, 1.165) is 11.3 Å². The first-order valence-electron chi connectivity index (χ1n) is 7.86. The van der Waals surface area contributed by atoms with E-state index in [-0.39, 0.29) is 11.9 Å². The van der Waals surface area contributed by atoms with Gasteiger partial charge in [0.15, 0.2) is 17.2 Å². The van der Waals surface area contributed by atoms with Crippen LogP contribution in [-0.2, 0) is 25.6 Å². The van der Waals surface area contributed by atoms with E-state index in [2.05, 4.69) is 0 Å². The molecule has 1 fully saturated rings. The number of rotatable bonds is 7. The van der Waals surface area contributed by atoms with Crippen LogP contribution in [0.4, 0.5) is 0 Å².